The van der Waals surface area contributed by atoms with E-state index in [0.29, 0.717) is 4.21 Å². The average Bonchev–Trinajstić information content (AvgIpc) is 2.72. The molecule has 1 saturated carbocycles. The van der Waals surface area contributed by atoms with Gasteiger partial charge in [0, 0.05) is 0 Å². The van der Waals surface area contributed by atoms with E-state index in [4.69, 9.17) is 0 Å². The quantitative estimate of drug-likeness (QED) is 0.839. The van der Waals surface area contributed by atoms with Crippen molar-refractivity contribution >= 4 is 37.1 Å². The minimum absolute atomic E-state index is 0.131. The van der Waals surface area contributed by atoms with Gasteiger partial charge < -0.3 is 0 Å². The van der Waals surface area contributed by atoms with Crippen LogP contribution >= 0.6 is 27.3 Å². The molecule has 14 heavy (non-hydrogen) atoms. The molecule has 1 aromatic heterocycles. The first kappa shape index (κ1) is 10.6. The van der Waals surface area contributed by atoms with Crippen LogP contribution in [-0.4, -0.2) is 13.7 Å². The van der Waals surface area contributed by atoms with Gasteiger partial charge in [0.15, 0.2) is 9.84 Å². The molecule has 5 heteroatoms. The summed E-state index contributed by atoms with van der Waals surface area (Å²) in [5.74, 6) is 0. The summed E-state index contributed by atoms with van der Waals surface area (Å²) in [4.78, 5) is 0. The van der Waals surface area contributed by atoms with Crippen LogP contribution in [0.3, 0.4) is 0 Å². The van der Waals surface area contributed by atoms with Gasteiger partial charge in [-0.1, -0.05) is 12.8 Å². The molecule has 1 aliphatic rings. The fraction of sp³-hybridized carbons (Fsp3) is 0.556. The van der Waals surface area contributed by atoms with Gasteiger partial charge >= 0.3 is 0 Å². The molecule has 0 N–H and O–H groups in total. The third-order valence-corrected chi connectivity index (χ3v) is 6.98. The monoisotopic (exact) mass is 294 g/mol. The lowest BCUT2D eigenvalue weighted by molar-refractivity contribution is 0.582. The van der Waals surface area contributed by atoms with E-state index < -0.39 is 9.84 Å². The number of hydrogen-bond donors (Lipinski definition) is 0. The van der Waals surface area contributed by atoms with E-state index in [1.54, 1.807) is 12.1 Å². The van der Waals surface area contributed by atoms with Crippen LogP contribution in [0.5, 0.6) is 0 Å². The van der Waals surface area contributed by atoms with Gasteiger partial charge in [-0.05, 0) is 40.9 Å². The highest BCUT2D eigenvalue weighted by molar-refractivity contribution is 9.11. The van der Waals surface area contributed by atoms with Crippen LogP contribution in [0, 0.1) is 0 Å². The standard InChI is InChI=1S/C9H11BrO2S2/c10-8-5-6-9(13-8)14(11,12)7-3-1-2-4-7/h5-7H,1-4H2. The minimum Gasteiger partial charge on any atom is -0.223 e. The van der Waals surface area contributed by atoms with Crippen molar-refractivity contribution in [1.29, 1.82) is 0 Å². The number of hydrogen-bond acceptors (Lipinski definition) is 3. The Bertz CT molecular complexity index is 416. The topological polar surface area (TPSA) is 34.1 Å². The van der Waals surface area contributed by atoms with Crippen molar-refractivity contribution in [3.05, 3.63) is 15.9 Å². The van der Waals surface area contributed by atoms with Gasteiger partial charge in [0.25, 0.3) is 0 Å². The molecule has 0 radical (unpaired) electrons. The normalized spacial score (nSPS) is 18.9. The molecular weight excluding hydrogens is 284 g/mol. The molecule has 0 atom stereocenters. The maximum absolute atomic E-state index is 12.0. The summed E-state index contributed by atoms with van der Waals surface area (Å²) in [6.07, 6.45) is 3.77. The molecule has 0 aromatic carbocycles. The van der Waals surface area contributed by atoms with E-state index in [0.717, 1.165) is 29.5 Å². The van der Waals surface area contributed by atoms with Crippen LogP contribution in [0.1, 0.15) is 25.7 Å². The van der Waals surface area contributed by atoms with Crippen LogP contribution < -0.4 is 0 Å². The van der Waals surface area contributed by atoms with E-state index in [9.17, 15) is 8.42 Å². The third-order valence-electron chi connectivity index (χ3n) is 2.57. The van der Waals surface area contributed by atoms with Crippen LogP contribution in [0.15, 0.2) is 20.1 Å². The third kappa shape index (κ3) is 1.90. The molecule has 0 saturated heterocycles. The Labute approximate surface area is 96.4 Å². The number of sulfone groups is 1. The molecule has 1 aliphatic carbocycles. The summed E-state index contributed by atoms with van der Waals surface area (Å²) in [6.45, 7) is 0. The highest BCUT2D eigenvalue weighted by atomic mass is 79.9. The lowest BCUT2D eigenvalue weighted by Gasteiger charge is -2.07. The van der Waals surface area contributed by atoms with Crippen LogP contribution in [-0.2, 0) is 9.84 Å². The summed E-state index contributed by atoms with van der Waals surface area (Å²) in [5.41, 5.74) is 0. The first-order chi connectivity index (χ1) is 6.60. The summed E-state index contributed by atoms with van der Waals surface area (Å²) >= 11 is 4.60. The van der Waals surface area contributed by atoms with Gasteiger partial charge in [0.05, 0.1) is 9.04 Å². The molecule has 78 valence electrons. The van der Waals surface area contributed by atoms with Gasteiger partial charge in [-0.25, -0.2) is 8.42 Å². The molecule has 2 rings (SSSR count). The Balaban J connectivity index is 2.32. The zero-order chi connectivity index (χ0) is 10.2. The fourth-order valence-electron chi connectivity index (χ4n) is 1.81. The molecule has 1 heterocycles. The van der Waals surface area contributed by atoms with Crippen molar-refractivity contribution in [3.63, 3.8) is 0 Å². The Hall–Kier alpha value is 0.130. The average molecular weight is 295 g/mol. The first-order valence-corrected chi connectivity index (χ1v) is 7.75. The van der Waals surface area contributed by atoms with E-state index in [1.807, 2.05) is 0 Å². The van der Waals surface area contributed by atoms with E-state index in [1.165, 1.54) is 11.3 Å². The summed E-state index contributed by atoms with van der Waals surface area (Å²) < 4.78 is 25.5. The molecule has 0 bridgehead atoms. The number of thiophene rings is 1. The van der Waals surface area contributed by atoms with E-state index >= 15 is 0 Å². The smallest absolute Gasteiger partial charge is 0.190 e. The van der Waals surface area contributed by atoms with Crippen molar-refractivity contribution < 1.29 is 8.42 Å². The maximum atomic E-state index is 12.0. The Kier molecular flexibility index (Phi) is 3.00. The summed E-state index contributed by atoms with van der Waals surface area (Å²) in [7, 11) is -3.03. The predicted octanol–water partition coefficient (Wildman–Crippen LogP) is 3.23. The zero-order valence-electron chi connectivity index (χ0n) is 7.57. The van der Waals surface area contributed by atoms with Crippen molar-refractivity contribution in [2.24, 2.45) is 0 Å². The van der Waals surface area contributed by atoms with Crippen LogP contribution in [0.2, 0.25) is 0 Å². The van der Waals surface area contributed by atoms with Crippen LogP contribution in [0.25, 0.3) is 0 Å². The predicted molar refractivity (Wildman–Crippen MR) is 61.5 cm³/mol. The van der Waals surface area contributed by atoms with Gasteiger partial charge in [-0.15, -0.1) is 11.3 Å². The molecule has 1 aromatic rings. The van der Waals surface area contributed by atoms with Gasteiger partial charge in [0.1, 0.15) is 4.21 Å². The SMILES string of the molecule is O=S(=O)(c1ccc(Br)s1)C1CCCC1. The highest BCUT2D eigenvalue weighted by Crippen LogP contribution is 2.34. The largest absolute Gasteiger partial charge is 0.223 e. The summed E-state index contributed by atoms with van der Waals surface area (Å²) in [6, 6.07) is 3.49. The van der Waals surface area contributed by atoms with Crippen molar-refractivity contribution in [3.8, 4) is 0 Å². The Morgan fingerprint density at radius 3 is 2.43 bits per heavy atom. The zero-order valence-corrected chi connectivity index (χ0v) is 10.8. The Morgan fingerprint density at radius 2 is 1.93 bits per heavy atom. The van der Waals surface area contributed by atoms with Crippen molar-refractivity contribution in [2.45, 2.75) is 35.1 Å². The van der Waals surface area contributed by atoms with E-state index in [-0.39, 0.29) is 5.25 Å². The fourth-order valence-corrected chi connectivity index (χ4v) is 5.94. The molecular formula is C9H11BrO2S2. The second kappa shape index (κ2) is 3.94. The molecule has 0 aliphatic heterocycles. The van der Waals surface area contributed by atoms with Crippen molar-refractivity contribution in [2.75, 3.05) is 0 Å². The van der Waals surface area contributed by atoms with E-state index in [2.05, 4.69) is 15.9 Å². The molecule has 1 fully saturated rings. The van der Waals surface area contributed by atoms with Crippen LogP contribution in [0.4, 0.5) is 0 Å². The Morgan fingerprint density at radius 1 is 1.29 bits per heavy atom. The van der Waals surface area contributed by atoms with Crippen molar-refractivity contribution in [1.82, 2.24) is 0 Å². The number of halogens is 1. The first-order valence-electron chi connectivity index (χ1n) is 4.60. The molecule has 0 spiro atoms. The highest BCUT2D eigenvalue weighted by Gasteiger charge is 2.31. The molecule has 0 amide bonds. The second-order valence-electron chi connectivity index (χ2n) is 3.51. The lowest BCUT2D eigenvalue weighted by Crippen LogP contribution is -2.16. The summed E-state index contributed by atoms with van der Waals surface area (Å²) in [5, 5.41) is -0.131. The lowest BCUT2D eigenvalue weighted by atomic mass is 10.4. The minimum atomic E-state index is -3.03. The van der Waals surface area contributed by atoms with Gasteiger partial charge in [-0.2, -0.15) is 0 Å². The molecule has 0 unspecified atom stereocenters. The number of rotatable bonds is 2. The molecule has 2 nitrogen and oxygen atoms in total. The maximum Gasteiger partial charge on any atom is 0.190 e. The van der Waals surface area contributed by atoms with Gasteiger partial charge in [-0.3, -0.25) is 0 Å². The van der Waals surface area contributed by atoms with Gasteiger partial charge in [0.2, 0.25) is 0 Å². The second-order valence-corrected chi connectivity index (χ2v) is 8.43.